The number of benzene rings is 2. The maximum atomic E-state index is 8.36. The van der Waals surface area contributed by atoms with Crippen LogP contribution in [0.15, 0.2) is 60.7 Å². The summed E-state index contributed by atoms with van der Waals surface area (Å²) >= 11 is 0. The Labute approximate surface area is 99.0 Å². The molecule has 17 heavy (non-hydrogen) atoms. The van der Waals surface area contributed by atoms with E-state index >= 15 is 0 Å². The van der Waals surface area contributed by atoms with Crippen molar-refractivity contribution in [3.05, 3.63) is 60.7 Å². The third-order valence-electron chi connectivity index (χ3n) is 1.72. The van der Waals surface area contributed by atoms with Gasteiger partial charge >= 0.3 is 0 Å². The summed E-state index contributed by atoms with van der Waals surface area (Å²) in [6.07, 6.45) is 0. The van der Waals surface area contributed by atoms with Crippen LogP contribution in [-0.2, 0) is 4.79 Å². The topological polar surface area (TPSA) is 55.8 Å². The SMILES string of the molecule is O=CO.c1ccc(OOc2ccccc2)cc1. The van der Waals surface area contributed by atoms with Gasteiger partial charge in [0.1, 0.15) is 0 Å². The molecular weight excluding hydrogens is 220 g/mol. The van der Waals surface area contributed by atoms with Crippen molar-refractivity contribution in [2.75, 3.05) is 0 Å². The second kappa shape index (κ2) is 7.76. The van der Waals surface area contributed by atoms with Gasteiger partial charge in [-0.25, -0.2) is 0 Å². The van der Waals surface area contributed by atoms with Crippen LogP contribution in [-0.4, -0.2) is 11.6 Å². The summed E-state index contributed by atoms with van der Waals surface area (Å²) in [7, 11) is 0. The summed E-state index contributed by atoms with van der Waals surface area (Å²) in [6, 6.07) is 18.8. The van der Waals surface area contributed by atoms with Crippen molar-refractivity contribution in [2.24, 2.45) is 0 Å². The maximum Gasteiger partial charge on any atom is 0.290 e. The Morgan fingerprint density at radius 2 is 1.06 bits per heavy atom. The van der Waals surface area contributed by atoms with E-state index in [1.807, 2.05) is 60.7 Å². The van der Waals surface area contributed by atoms with Crippen molar-refractivity contribution in [3.8, 4) is 11.5 Å². The van der Waals surface area contributed by atoms with E-state index < -0.39 is 0 Å². The summed E-state index contributed by atoms with van der Waals surface area (Å²) in [5.41, 5.74) is 0. The molecule has 2 aromatic carbocycles. The fourth-order valence-corrected chi connectivity index (χ4v) is 1.05. The van der Waals surface area contributed by atoms with Gasteiger partial charge in [-0.1, -0.05) is 36.4 Å². The van der Waals surface area contributed by atoms with Crippen LogP contribution in [0.25, 0.3) is 0 Å². The zero-order valence-electron chi connectivity index (χ0n) is 9.02. The zero-order valence-corrected chi connectivity index (χ0v) is 9.02. The lowest BCUT2D eigenvalue weighted by atomic mass is 10.3. The monoisotopic (exact) mass is 232 g/mol. The standard InChI is InChI=1S/C12H10O2.CH2O2/c1-3-7-11(8-4-1)13-14-12-9-5-2-6-10-12;2-1-3/h1-10H;1H,(H,2,3). The van der Waals surface area contributed by atoms with Crippen molar-refractivity contribution in [3.63, 3.8) is 0 Å². The van der Waals surface area contributed by atoms with E-state index in [1.165, 1.54) is 0 Å². The van der Waals surface area contributed by atoms with Gasteiger partial charge in [0.15, 0.2) is 11.5 Å². The van der Waals surface area contributed by atoms with Crippen LogP contribution >= 0.6 is 0 Å². The predicted octanol–water partition coefficient (Wildman–Crippen LogP) is 2.76. The van der Waals surface area contributed by atoms with Crippen LogP contribution < -0.4 is 9.78 Å². The van der Waals surface area contributed by atoms with Gasteiger partial charge in [0.25, 0.3) is 6.47 Å². The summed E-state index contributed by atoms with van der Waals surface area (Å²) < 4.78 is 0. The molecule has 0 aliphatic rings. The largest absolute Gasteiger partial charge is 0.483 e. The molecule has 4 nitrogen and oxygen atoms in total. The second-order valence-corrected chi connectivity index (χ2v) is 2.90. The number of hydrogen-bond donors (Lipinski definition) is 1. The first-order valence-electron chi connectivity index (χ1n) is 4.89. The van der Waals surface area contributed by atoms with Crippen LogP contribution in [0.5, 0.6) is 11.5 Å². The Hall–Kier alpha value is -2.49. The molecule has 0 aromatic heterocycles. The van der Waals surface area contributed by atoms with Gasteiger partial charge in [0.05, 0.1) is 0 Å². The van der Waals surface area contributed by atoms with Crippen LogP contribution in [0, 0.1) is 0 Å². The molecule has 0 spiro atoms. The van der Waals surface area contributed by atoms with Gasteiger partial charge < -0.3 is 5.11 Å². The molecule has 0 saturated heterocycles. The molecule has 2 rings (SSSR count). The summed E-state index contributed by atoms with van der Waals surface area (Å²) in [5.74, 6) is 1.38. The van der Waals surface area contributed by atoms with Gasteiger partial charge in [-0.3, -0.25) is 14.6 Å². The van der Waals surface area contributed by atoms with Crippen molar-refractivity contribution in [1.29, 1.82) is 0 Å². The molecule has 2 aromatic rings. The Morgan fingerprint density at radius 1 is 0.765 bits per heavy atom. The van der Waals surface area contributed by atoms with Crippen molar-refractivity contribution in [2.45, 2.75) is 0 Å². The van der Waals surface area contributed by atoms with Gasteiger partial charge in [-0.15, -0.1) is 0 Å². The molecular formula is C13H12O4. The van der Waals surface area contributed by atoms with Crippen LogP contribution in [0.2, 0.25) is 0 Å². The van der Waals surface area contributed by atoms with Crippen molar-refractivity contribution >= 4 is 6.47 Å². The van der Waals surface area contributed by atoms with Gasteiger partial charge in [-0.2, -0.15) is 0 Å². The maximum absolute atomic E-state index is 8.36. The van der Waals surface area contributed by atoms with Crippen molar-refractivity contribution < 1.29 is 19.7 Å². The number of para-hydroxylation sites is 2. The van der Waals surface area contributed by atoms with E-state index in [4.69, 9.17) is 19.7 Å². The first-order valence-corrected chi connectivity index (χ1v) is 4.89. The Morgan fingerprint density at radius 3 is 1.35 bits per heavy atom. The third kappa shape index (κ3) is 5.22. The first kappa shape index (κ1) is 12.6. The normalized spacial score (nSPS) is 8.47. The minimum absolute atomic E-state index is 0.250. The number of carbonyl (C=O) groups is 1. The van der Waals surface area contributed by atoms with Gasteiger partial charge in [0, 0.05) is 0 Å². The van der Waals surface area contributed by atoms with Crippen LogP contribution in [0.3, 0.4) is 0 Å². The second-order valence-electron chi connectivity index (χ2n) is 2.90. The molecule has 1 N–H and O–H groups in total. The first-order chi connectivity index (χ1) is 8.36. The van der Waals surface area contributed by atoms with Crippen LogP contribution in [0.1, 0.15) is 0 Å². The molecule has 0 aliphatic heterocycles. The molecule has 0 unspecified atom stereocenters. The average Bonchev–Trinajstić information content (AvgIpc) is 2.40. The Kier molecular flexibility index (Phi) is 5.74. The fourth-order valence-electron chi connectivity index (χ4n) is 1.05. The Bertz CT molecular complexity index is 374. The minimum atomic E-state index is -0.250. The molecule has 0 saturated carbocycles. The number of carboxylic acid groups (broad SMARTS) is 1. The number of hydrogen-bond acceptors (Lipinski definition) is 3. The molecule has 88 valence electrons. The highest BCUT2D eigenvalue weighted by atomic mass is 17.2. The van der Waals surface area contributed by atoms with E-state index in [9.17, 15) is 0 Å². The fraction of sp³-hybridized carbons (Fsp3) is 0. The van der Waals surface area contributed by atoms with E-state index in [-0.39, 0.29) is 6.47 Å². The lowest BCUT2D eigenvalue weighted by Crippen LogP contribution is -1.99. The lowest BCUT2D eigenvalue weighted by Gasteiger charge is -2.04. The molecule has 0 aliphatic carbocycles. The van der Waals surface area contributed by atoms with E-state index in [2.05, 4.69) is 0 Å². The molecule has 0 radical (unpaired) electrons. The minimum Gasteiger partial charge on any atom is -0.483 e. The summed E-state index contributed by atoms with van der Waals surface area (Å²) in [6.45, 7) is -0.250. The van der Waals surface area contributed by atoms with E-state index in [0.717, 1.165) is 0 Å². The highest BCUT2D eigenvalue weighted by molar-refractivity contribution is 5.32. The number of rotatable bonds is 3. The molecule has 0 amide bonds. The van der Waals surface area contributed by atoms with Gasteiger partial charge in [0.2, 0.25) is 0 Å². The smallest absolute Gasteiger partial charge is 0.290 e. The predicted molar refractivity (Wildman–Crippen MR) is 62.8 cm³/mol. The van der Waals surface area contributed by atoms with E-state index in [1.54, 1.807) is 0 Å². The molecule has 0 heterocycles. The average molecular weight is 232 g/mol. The third-order valence-corrected chi connectivity index (χ3v) is 1.72. The van der Waals surface area contributed by atoms with Crippen LogP contribution in [0.4, 0.5) is 0 Å². The van der Waals surface area contributed by atoms with Gasteiger partial charge in [-0.05, 0) is 24.3 Å². The van der Waals surface area contributed by atoms with Crippen molar-refractivity contribution in [1.82, 2.24) is 0 Å². The molecule has 0 fully saturated rings. The Balaban J connectivity index is 0.000000437. The highest BCUT2D eigenvalue weighted by Crippen LogP contribution is 2.13. The molecule has 4 heteroatoms. The molecule has 0 atom stereocenters. The summed E-state index contributed by atoms with van der Waals surface area (Å²) in [4.78, 5) is 18.5. The highest BCUT2D eigenvalue weighted by Gasteiger charge is 1.94. The molecule has 0 bridgehead atoms. The quantitative estimate of drug-likeness (QED) is 0.502. The zero-order chi connectivity index (χ0) is 12.3. The lowest BCUT2D eigenvalue weighted by molar-refractivity contribution is -0.122. The summed E-state index contributed by atoms with van der Waals surface area (Å²) in [5, 5.41) is 6.89. The van der Waals surface area contributed by atoms with E-state index in [0.29, 0.717) is 11.5 Å².